The Morgan fingerprint density at radius 3 is 1.44 bits per heavy atom. The van der Waals surface area contributed by atoms with Gasteiger partial charge in [-0.1, -0.05) is 0 Å². The van der Waals surface area contributed by atoms with E-state index in [1.807, 2.05) is 0 Å². The molecule has 0 atom stereocenters. The van der Waals surface area contributed by atoms with Crippen molar-refractivity contribution in [1.29, 1.82) is 0 Å². The Kier molecular flexibility index (Phi) is 7.89. The van der Waals surface area contributed by atoms with Gasteiger partial charge in [0.15, 0.2) is 0 Å². The molecule has 0 bridgehead atoms. The van der Waals surface area contributed by atoms with Crippen molar-refractivity contribution in [3.8, 4) is 0 Å². The number of hydrogen-bond acceptors (Lipinski definition) is 2. The van der Waals surface area contributed by atoms with Gasteiger partial charge in [-0.3, -0.25) is 9.59 Å². The zero-order chi connectivity index (χ0) is 6.57. The number of carbonyl (C=O) groups is 2. The molecular formula is C4H9N2NaO2. The number of primary amides is 2. The standard InChI is InChI=1S/C4H8N2O2.Na.H/c5-3(7)1-2-4(6)8;;/h1-2H2,(H2,5,7)(H2,6,8);;/q;+1;-1. The van der Waals surface area contributed by atoms with Crippen molar-refractivity contribution in [1.82, 2.24) is 0 Å². The van der Waals surface area contributed by atoms with E-state index in [1.54, 1.807) is 0 Å². The van der Waals surface area contributed by atoms with E-state index in [4.69, 9.17) is 11.5 Å². The molecule has 0 saturated heterocycles. The second-order valence-electron chi connectivity index (χ2n) is 1.43. The molecule has 0 rings (SSSR count). The summed E-state index contributed by atoms with van der Waals surface area (Å²) in [6, 6.07) is 0. The molecule has 0 fully saturated rings. The zero-order valence-electron chi connectivity index (χ0n) is 6.39. The molecule has 0 aliphatic rings. The third-order valence-corrected chi connectivity index (χ3v) is 0.618. The van der Waals surface area contributed by atoms with E-state index in [2.05, 4.69) is 0 Å². The van der Waals surface area contributed by atoms with Crippen molar-refractivity contribution in [3.63, 3.8) is 0 Å². The van der Waals surface area contributed by atoms with Gasteiger partial charge in [-0.15, -0.1) is 0 Å². The van der Waals surface area contributed by atoms with Gasteiger partial charge in [0, 0.05) is 12.8 Å². The van der Waals surface area contributed by atoms with Gasteiger partial charge in [0.2, 0.25) is 11.8 Å². The van der Waals surface area contributed by atoms with E-state index in [9.17, 15) is 9.59 Å². The summed E-state index contributed by atoms with van der Waals surface area (Å²) in [5.74, 6) is -0.993. The van der Waals surface area contributed by atoms with E-state index in [-0.39, 0.29) is 43.8 Å². The van der Waals surface area contributed by atoms with Gasteiger partial charge in [-0.05, 0) is 0 Å². The van der Waals surface area contributed by atoms with Crippen LogP contribution in [0.15, 0.2) is 0 Å². The van der Waals surface area contributed by atoms with Crippen molar-refractivity contribution in [3.05, 3.63) is 0 Å². The van der Waals surface area contributed by atoms with E-state index in [0.29, 0.717) is 0 Å². The summed E-state index contributed by atoms with van der Waals surface area (Å²) in [6.45, 7) is 0. The van der Waals surface area contributed by atoms with Gasteiger partial charge in [0.05, 0.1) is 0 Å². The number of nitrogens with two attached hydrogens (primary N) is 2. The predicted molar refractivity (Wildman–Crippen MR) is 28.7 cm³/mol. The van der Waals surface area contributed by atoms with Gasteiger partial charge < -0.3 is 12.9 Å². The van der Waals surface area contributed by atoms with Crippen LogP contribution < -0.4 is 41.0 Å². The van der Waals surface area contributed by atoms with Gasteiger partial charge in [-0.2, -0.15) is 0 Å². The molecule has 0 aliphatic heterocycles. The van der Waals surface area contributed by atoms with Crippen LogP contribution >= 0.6 is 0 Å². The van der Waals surface area contributed by atoms with E-state index >= 15 is 0 Å². The van der Waals surface area contributed by atoms with Crippen LogP contribution in [-0.4, -0.2) is 11.8 Å². The summed E-state index contributed by atoms with van der Waals surface area (Å²) in [5.41, 5.74) is 9.39. The van der Waals surface area contributed by atoms with Crippen molar-refractivity contribution >= 4 is 11.8 Å². The molecular weight excluding hydrogens is 131 g/mol. The Morgan fingerprint density at radius 1 is 1.11 bits per heavy atom. The molecule has 4 N–H and O–H groups in total. The maximum absolute atomic E-state index is 9.92. The van der Waals surface area contributed by atoms with Crippen LogP contribution in [0.3, 0.4) is 0 Å². The number of carbonyl (C=O) groups excluding carboxylic acids is 2. The first-order valence-corrected chi connectivity index (χ1v) is 2.19. The van der Waals surface area contributed by atoms with Crippen molar-refractivity contribution in [2.45, 2.75) is 12.8 Å². The summed E-state index contributed by atoms with van der Waals surface area (Å²) in [4.78, 5) is 19.8. The molecule has 0 aromatic rings. The Morgan fingerprint density at radius 2 is 1.33 bits per heavy atom. The van der Waals surface area contributed by atoms with Gasteiger partial charge >= 0.3 is 29.6 Å². The average Bonchev–Trinajstić information content (AvgIpc) is 1.61. The third-order valence-electron chi connectivity index (χ3n) is 0.618. The summed E-state index contributed by atoms with van der Waals surface area (Å²) in [5, 5.41) is 0. The minimum Gasteiger partial charge on any atom is -1.00 e. The fraction of sp³-hybridized carbons (Fsp3) is 0.500. The van der Waals surface area contributed by atoms with Crippen LogP contribution in [-0.2, 0) is 9.59 Å². The number of hydrogen-bond donors (Lipinski definition) is 2. The molecule has 48 valence electrons. The number of rotatable bonds is 3. The minimum absolute atomic E-state index is 0. The quantitative estimate of drug-likeness (QED) is 0.390. The second-order valence-corrected chi connectivity index (χ2v) is 1.43. The van der Waals surface area contributed by atoms with Crippen LogP contribution in [0.1, 0.15) is 14.3 Å². The summed E-state index contributed by atoms with van der Waals surface area (Å²) in [7, 11) is 0. The largest absolute Gasteiger partial charge is 1.00 e. The first-order chi connectivity index (χ1) is 3.63. The minimum atomic E-state index is -0.496. The Balaban J connectivity index is -0.000000245. The predicted octanol–water partition coefficient (Wildman–Crippen LogP) is -4.15. The van der Waals surface area contributed by atoms with Crippen LogP contribution in [0, 0.1) is 0 Å². The third kappa shape index (κ3) is 11.5. The Labute approximate surface area is 76.7 Å². The molecule has 9 heavy (non-hydrogen) atoms. The molecule has 0 heterocycles. The maximum atomic E-state index is 9.92. The zero-order valence-corrected chi connectivity index (χ0v) is 7.39. The molecule has 0 spiro atoms. The maximum Gasteiger partial charge on any atom is 1.00 e. The summed E-state index contributed by atoms with van der Waals surface area (Å²) in [6.07, 6.45) is 0.102. The van der Waals surface area contributed by atoms with Crippen molar-refractivity contribution in [2.24, 2.45) is 11.5 Å². The topological polar surface area (TPSA) is 86.2 Å². The first-order valence-electron chi connectivity index (χ1n) is 2.19. The van der Waals surface area contributed by atoms with Crippen LogP contribution in [0.5, 0.6) is 0 Å². The van der Waals surface area contributed by atoms with Crippen molar-refractivity contribution in [2.75, 3.05) is 0 Å². The van der Waals surface area contributed by atoms with Gasteiger partial charge in [0.25, 0.3) is 0 Å². The fourth-order valence-corrected chi connectivity index (χ4v) is 0.246. The van der Waals surface area contributed by atoms with Crippen LogP contribution in [0.4, 0.5) is 0 Å². The molecule has 4 nitrogen and oxygen atoms in total. The molecule has 0 unspecified atom stereocenters. The molecule has 5 heteroatoms. The van der Waals surface area contributed by atoms with Crippen LogP contribution in [0.2, 0.25) is 0 Å². The SMILES string of the molecule is NC(=O)CCC(N)=O.[H-].[Na+]. The normalized spacial score (nSPS) is 7.56. The molecule has 0 aromatic carbocycles. The van der Waals surface area contributed by atoms with Gasteiger partial charge in [-0.25, -0.2) is 0 Å². The van der Waals surface area contributed by atoms with Crippen molar-refractivity contribution < 1.29 is 40.6 Å². The number of amides is 2. The summed E-state index contributed by atoms with van der Waals surface area (Å²) >= 11 is 0. The van der Waals surface area contributed by atoms with Gasteiger partial charge in [0.1, 0.15) is 0 Å². The fourth-order valence-electron chi connectivity index (χ4n) is 0.246. The first kappa shape index (κ1) is 11.7. The molecule has 2 amide bonds. The monoisotopic (exact) mass is 140 g/mol. The molecule has 0 radical (unpaired) electrons. The second kappa shape index (κ2) is 6.07. The average molecular weight is 140 g/mol. The van der Waals surface area contributed by atoms with E-state index < -0.39 is 11.8 Å². The molecule has 0 aliphatic carbocycles. The molecule has 0 saturated carbocycles. The molecule has 0 aromatic heterocycles. The summed E-state index contributed by atoms with van der Waals surface area (Å²) < 4.78 is 0. The van der Waals surface area contributed by atoms with E-state index in [1.165, 1.54) is 0 Å². The Hall–Kier alpha value is -0.0600. The Bertz CT molecular complexity index is 106. The van der Waals surface area contributed by atoms with Crippen LogP contribution in [0.25, 0.3) is 0 Å². The van der Waals surface area contributed by atoms with E-state index in [0.717, 1.165) is 0 Å². The smallest absolute Gasteiger partial charge is 1.00 e.